The Hall–Kier alpha value is -0.763. The molecule has 1 rings (SSSR count). The second-order valence-electron chi connectivity index (χ2n) is 6.46. The Morgan fingerprint density at radius 3 is 2.15 bits per heavy atom. The largest absolute Gasteiger partial charge is 0.501 e. The number of benzene rings is 1. The van der Waals surface area contributed by atoms with E-state index in [0.717, 1.165) is 51.2 Å². The molecule has 0 unspecified atom stereocenters. The lowest BCUT2D eigenvalue weighted by Gasteiger charge is -2.30. The van der Waals surface area contributed by atoms with E-state index in [4.69, 9.17) is 19.0 Å². The van der Waals surface area contributed by atoms with Crippen LogP contribution in [0.2, 0.25) is 6.04 Å². The average Bonchev–Trinajstić information content (AvgIpc) is 2.69. The number of nitrogens with one attached hydrogen (secondary N) is 1. The minimum atomic E-state index is -2.64. The molecule has 0 heterocycles. The van der Waals surface area contributed by atoms with Crippen molar-refractivity contribution in [3.05, 3.63) is 35.9 Å². The van der Waals surface area contributed by atoms with Crippen molar-refractivity contribution in [2.75, 3.05) is 39.5 Å². The van der Waals surface area contributed by atoms with Gasteiger partial charge in [-0.05, 0) is 44.2 Å². The smallest absolute Gasteiger partial charge is 0.373 e. The number of unbranched alkanes of at least 4 members (excludes halogenated alkanes) is 1. The quantitative estimate of drug-likeness (QED) is 0.319. The third-order valence-corrected chi connectivity index (χ3v) is 6.80. The van der Waals surface area contributed by atoms with Crippen molar-refractivity contribution >= 4 is 8.80 Å². The zero-order valence-electron chi connectivity index (χ0n) is 16.7. The van der Waals surface area contributed by atoms with E-state index in [9.17, 15) is 0 Å². The minimum absolute atomic E-state index is 0.682. The first-order valence-electron chi connectivity index (χ1n) is 10.1. The Kier molecular flexibility index (Phi) is 13.7. The summed E-state index contributed by atoms with van der Waals surface area (Å²) in [7, 11) is -2.64. The van der Waals surface area contributed by atoms with Gasteiger partial charge in [-0.1, -0.05) is 44.2 Å². The number of rotatable bonds is 17. The van der Waals surface area contributed by atoms with E-state index in [1.807, 2.05) is 6.07 Å². The second-order valence-corrected chi connectivity index (χ2v) is 9.19. The van der Waals surface area contributed by atoms with Crippen molar-refractivity contribution in [1.82, 2.24) is 5.32 Å². The van der Waals surface area contributed by atoms with Gasteiger partial charge < -0.3 is 24.3 Å². The average molecular weight is 383 g/mol. The maximum atomic E-state index is 6.30. The topological polar surface area (TPSA) is 65.7 Å². The Bertz CT molecular complexity index is 426. The van der Waals surface area contributed by atoms with Crippen LogP contribution in [0.3, 0.4) is 0 Å². The van der Waals surface area contributed by atoms with E-state index in [-0.39, 0.29) is 0 Å². The van der Waals surface area contributed by atoms with Gasteiger partial charge in [-0.3, -0.25) is 0 Å². The van der Waals surface area contributed by atoms with Crippen LogP contribution in [0.15, 0.2) is 30.3 Å². The van der Waals surface area contributed by atoms with Crippen LogP contribution in [-0.4, -0.2) is 48.3 Å². The molecule has 0 atom stereocenters. The summed E-state index contributed by atoms with van der Waals surface area (Å²) >= 11 is 0. The standard InChI is InChI=1S/C20H38N2O3Si/c1-3-16-23-26(24-17-4-2,19-12-20-10-6-5-7-11-20)25-18-9-8-14-22-15-13-21/h5-7,10-11,22H,3-4,8-9,12-19,21H2,1-2H3. The van der Waals surface area contributed by atoms with E-state index in [1.165, 1.54) is 5.56 Å². The van der Waals surface area contributed by atoms with Gasteiger partial charge in [0.15, 0.2) is 0 Å². The van der Waals surface area contributed by atoms with E-state index >= 15 is 0 Å². The van der Waals surface area contributed by atoms with Crippen LogP contribution < -0.4 is 11.1 Å². The van der Waals surface area contributed by atoms with E-state index in [2.05, 4.69) is 43.4 Å². The zero-order chi connectivity index (χ0) is 18.9. The van der Waals surface area contributed by atoms with Gasteiger partial charge >= 0.3 is 8.80 Å². The highest BCUT2D eigenvalue weighted by Crippen LogP contribution is 2.20. The van der Waals surface area contributed by atoms with Gasteiger partial charge in [0.2, 0.25) is 0 Å². The third-order valence-electron chi connectivity index (χ3n) is 4.01. The van der Waals surface area contributed by atoms with Crippen molar-refractivity contribution in [3.8, 4) is 0 Å². The first-order chi connectivity index (χ1) is 12.8. The molecule has 1 aromatic carbocycles. The predicted octanol–water partition coefficient (Wildman–Crippen LogP) is 3.37. The second kappa shape index (κ2) is 15.3. The molecule has 1 aromatic rings. The molecular weight excluding hydrogens is 344 g/mol. The molecular formula is C20H38N2O3Si. The highest BCUT2D eigenvalue weighted by atomic mass is 28.4. The summed E-state index contributed by atoms with van der Waals surface area (Å²) in [6, 6.07) is 11.3. The van der Waals surface area contributed by atoms with Gasteiger partial charge in [-0.25, -0.2) is 0 Å². The van der Waals surface area contributed by atoms with E-state index in [1.54, 1.807) is 0 Å². The zero-order valence-corrected chi connectivity index (χ0v) is 17.7. The van der Waals surface area contributed by atoms with Crippen molar-refractivity contribution < 1.29 is 13.3 Å². The maximum absolute atomic E-state index is 6.30. The van der Waals surface area contributed by atoms with Crippen molar-refractivity contribution in [3.63, 3.8) is 0 Å². The molecule has 5 nitrogen and oxygen atoms in total. The Balaban J connectivity index is 2.55. The van der Waals surface area contributed by atoms with E-state index < -0.39 is 8.80 Å². The Morgan fingerprint density at radius 2 is 1.54 bits per heavy atom. The molecule has 3 N–H and O–H groups in total. The van der Waals surface area contributed by atoms with Crippen LogP contribution in [0.5, 0.6) is 0 Å². The lowest BCUT2D eigenvalue weighted by molar-refractivity contribution is 0.0581. The predicted molar refractivity (Wildman–Crippen MR) is 110 cm³/mol. The molecule has 0 bridgehead atoms. The maximum Gasteiger partial charge on any atom is 0.501 e. The highest BCUT2D eigenvalue weighted by molar-refractivity contribution is 6.60. The third kappa shape index (κ3) is 10.4. The van der Waals surface area contributed by atoms with Gasteiger partial charge in [-0.2, -0.15) is 0 Å². The Labute approximate surface area is 161 Å². The molecule has 0 spiro atoms. The number of aryl methyl sites for hydroxylation is 1. The van der Waals surface area contributed by atoms with Gasteiger partial charge in [0.25, 0.3) is 0 Å². The number of nitrogens with two attached hydrogens (primary N) is 1. The summed E-state index contributed by atoms with van der Waals surface area (Å²) in [5.74, 6) is 0. The van der Waals surface area contributed by atoms with Gasteiger partial charge in [0, 0.05) is 39.0 Å². The number of hydrogen-bond acceptors (Lipinski definition) is 5. The summed E-state index contributed by atoms with van der Waals surface area (Å²) in [4.78, 5) is 0. The lowest BCUT2D eigenvalue weighted by Crippen LogP contribution is -2.47. The molecule has 0 saturated carbocycles. The van der Waals surface area contributed by atoms with Crippen molar-refractivity contribution in [2.24, 2.45) is 5.73 Å². The molecule has 0 radical (unpaired) electrons. The molecule has 0 saturated heterocycles. The monoisotopic (exact) mass is 382 g/mol. The van der Waals surface area contributed by atoms with Crippen LogP contribution in [0.25, 0.3) is 0 Å². The molecule has 150 valence electrons. The molecule has 26 heavy (non-hydrogen) atoms. The molecule has 0 aliphatic rings. The molecule has 0 aliphatic carbocycles. The molecule has 0 aromatic heterocycles. The van der Waals surface area contributed by atoms with E-state index in [0.29, 0.717) is 26.4 Å². The summed E-state index contributed by atoms with van der Waals surface area (Å²) in [5.41, 5.74) is 6.79. The SMILES string of the molecule is CCCO[Si](CCc1ccccc1)(OCCC)OCCCCNCCN. The summed E-state index contributed by atoms with van der Waals surface area (Å²) < 4.78 is 18.7. The fourth-order valence-electron chi connectivity index (χ4n) is 2.61. The summed E-state index contributed by atoms with van der Waals surface area (Å²) in [6.45, 7) is 8.87. The normalized spacial score (nSPS) is 11.8. The minimum Gasteiger partial charge on any atom is -0.373 e. The summed E-state index contributed by atoms with van der Waals surface area (Å²) in [5, 5.41) is 3.32. The molecule has 0 aliphatic heterocycles. The van der Waals surface area contributed by atoms with Crippen molar-refractivity contribution in [2.45, 2.75) is 52.0 Å². The van der Waals surface area contributed by atoms with Crippen LogP contribution in [0.1, 0.15) is 45.1 Å². The highest BCUT2D eigenvalue weighted by Gasteiger charge is 2.40. The van der Waals surface area contributed by atoms with Crippen LogP contribution in [-0.2, 0) is 19.7 Å². The summed E-state index contributed by atoms with van der Waals surface area (Å²) in [6.07, 6.45) is 4.95. The Morgan fingerprint density at radius 1 is 0.885 bits per heavy atom. The van der Waals surface area contributed by atoms with Gasteiger partial charge in [0.1, 0.15) is 0 Å². The molecule has 0 fully saturated rings. The first kappa shape index (κ1) is 23.3. The fraction of sp³-hybridized carbons (Fsp3) is 0.700. The van der Waals surface area contributed by atoms with Gasteiger partial charge in [-0.15, -0.1) is 0 Å². The first-order valence-corrected chi connectivity index (χ1v) is 12.1. The van der Waals surface area contributed by atoms with Crippen LogP contribution in [0, 0.1) is 0 Å². The fourth-order valence-corrected chi connectivity index (χ4v) is 5.37. The lowest BCUT2D eigenvalue weighted by atomic mass is 10.2. The van der Waals surface area contributed by atoms with Crippen LogP contribution in [0.4, 0.5) is 0 Å². The molecule has 0 amide bonds. The molecule has 6 heteroatoms. The number of hydrogen-bond donors (Lipinski definition) is 2. The van der Waals surface area contributed by atoms with Crippen LogP contribution >= 0.6 is 0 Å². The van der Waals surface area contributed by atoms with Gasteiger partial charge in [0.05, 0.1) is 0 Å². The van der Waals surface area contributed by atoms with Crippen molar-refractivity contribution in [1.29, 1.82) is 0 Å².